The third-order valence-electron chi connectivity index (χ3n) is 4.10. The van der Waals surface area contributed by atoms with Crippen LogP contribution in [0.4, 0.5) is 0 Å². The minimum atomic E-state index is -3.72. The molecule has 1 atom stereocenters. The Hall–Kier alpha value is -2.28. The number of aromatic nitrogens is 5. The van der Waals surface area contributed by atoms with Crippen LogP contribution >= 0.6 is 11.3 Å². The number of carbonyl (C=O) groups is 1. The molecular formula is C15H16N6O4S2. The van der Waals surface area contributed by atoms with Crippen molar-refractivity contribution < 1.29 is 17.9 Å². The average Bonchev–Trinajstić information content (AvgIpc) is 3.30. The molecule has 0 saturated carbocycles. The van der Waals surface area contributed by atoms with E-state index in [1.165, 1.54) is 23.8 Å². The summed E-state index contributed by atoms with van der Waals surface area (Å²) in [5.41, 5.74) is 0.680. The molecule has 10 nitrogen and oxygen atoms in total. The van der Waals surface area contributed by atoms with E-state index in [-0.39, 0.29) is 36.1 Å². The number of sulfonamides is 1. The Labute approximate surface area is 158 Å². The Morgan fingerprint density at radius 2 is 2.22 bits per heavy atom. The van der Waals surface area contributed by atoms with Crippen LogP contribution in [0.1, 0.15) is 23.7 Å². The molecule has 1 fully saturated rings. The number of morpholine rings is 1. The molecule has 27 heavy (non-hydrogen) atoms. The van der Waals surface area contributed by atoms with Crippen molar-refractivity contribution in [3.63, 3.8) is 0 Å². The molecule has 4 rings (SSSR count). The van der Waals surface area contributed by atoms with E-state index in [4.69, 9.17) is 4.74 Å². The molecule has 0 aliphatic carbocycles. The summed E-state index contributed by atoms with van der Waals surface area (Å²) in [5.74, 6) is 0.363. The van der Waals surface area contributed by atoms with Crippen LogP contribution < -0.4 is 0 Å². The maximum atomic E-state index is 13.0. The van der Waals surface area contributed by atoms with Gasteiger partial charge in [0.2, 0.25) is 0 Å². The number of ether oxygens (including phenoxy) is 1. The number of Topliss-reactive ketones (excluding diaryl/α,β-unsaturated/α-hetero) is 1. The van der Waals surface area contributed by atoms with Gasteiger partial charge in [0.15, 0.2) is 4.21 Å². The van der Waals surface area contributed by atoms with Gasteiger partial charge in [-0.25, -0.2) is 18.4 Å². The predicted octanol–water partition coefficient (Wildman–Crippen LogP) is 0.474. The van der Waals surface area contributed by atoms with Crippen molar-refractivity contribution in [3.05, 3.63) is 35.5 Å². The lowest BCUT2D eigenvalue weighted by molar-refractivity contribution is -0.116. The van der Waals surface area contributed by atoms with Crippen LogP contribution in [-0.4, -0.2) is 62.8 Å². The van der Waals surface area contributed by atoms with E-state index in [1.54, 1.807) is 16.8 Å². The van der Waals surface area contributed by atoms with E-state index in [9.17, 15) is 13.2 Å². The zero-order chi connectivity index (χ0) is 19.0. The van der Waals surface area contributed by atoms with Crippen LogP contribution in [0.15, 0.2) is 29.0 Å². The van der Waals surface area contributed by atoms with Gasteiger partial charge in [0.1, 0.15) is 23.2 Å². The second-order valence-corrected chi connectivity index (χ2v) is 9.30. The molecule has 1 saturated heterocycles. The highest BCUT2D eigenvalue weighted by Crippen LogP contribution is 2.28. The molecule has 0 radical (unpaired) electrons. The van der Waals surface area contributed by atoms with Gasteiger partial charge < -0.3 is 4.74 Å². The average molecular weight is 408 g/mol. The van der Waals surface area contributed by atoms with E-state index in [1.807, 2.05) is 0 Å². The Balaban J connectivity index is 1.59. The highest BCUT2D eigenvalue weighted by Gasteiger charge is 2.34. The first kappa shape index (κ1) is 18.1. The summed E-state index contributed by atoms with van der Waals surface area (Å²) in [4.78, 5) is 23.4. The van der Waals surface area contributed by atoms with Gasteiger partial charge in [-0.05, 0) is 13.0 Å². The maximum Gasteiger partial charge on any atom is 0.254 e. The fourth-order valence-electron chi connectivity index (χ4n) is 2.86. The molecular weight excluding hydrogens is 392 g/mol. The molecule has 3 aromatic heterocycles. The number of fused-ring (bicyclic) bond motifs is 1. The highest BCUT2D eigenvalue weighted by molar-refractivity contribution is 7.91. The number of hydrogen-bond acceptors (Lipinski definition) is 9. The van der Waals surface area contributed by atoms with Gasteiger partial charge in [-0.2, -0.15) is 18.9 Å². The van der Waals surface area contributed by atoms with Crippen molar-refractivity contribution in [2.45, 2.75) is 23.7 Å². The van der Waals surface area contributed by atoms with Gasteiger partial charge in [-0.3, -0.25) is 4.79 Å². The fourth-order valence-corrected chi connectivity index (χ4v) is 5.69. The molecule has 1 aliphatic rings. The third kappa shape index (κ3) is 3.48. The lowest BCUT2D eigenvalue weighted by Crippen LogP contribution is -2.42. The van der Waals surface area contributed by atoms with Crippen LogP contribution in [0.2, 0.25) is 0 Å². The molecule has 0 spiro atoms. The molecule has 1 aliphatic heterocycles. The van der Waals surface area contributed by atoms with Crippen molar-refractivity contribution in [2.24, 2.45) is 0 Å². The van der Waals surface area contributed by atoms with Crippen LogP contribution in [0.25, 0.3) is 5.78 Å². The zero-order valence-electron chi connectivity index (χ0n) is 14.3. The van der Waals surface area contributed by atoms with Crippen LogP contribution in [0, 0.1) is 0 Å². The molecule has 0 unspecified atom stereocenters. The Morgan fingerprint density at radius 3 is 3.04 bits per heavy atom. The first-order chi connectivity index (χ1) is 12.9. The summed E-state index contributed by atoms with van der Waals surface area (Å²) in [6.07, 6.45) is 3.92. The molecule has 12 heteroatoms. The Kier molecular flexibility index (Phi) is 4.72. The lowest BCUT2D eigenvalue weighted by Gasteiger charge is -2.31. The first-order valence-corrected chi connectivity index (χ1v) is 10.4. The number of rotatable bonds is 5. The molecule has 3 aromatic rings. The van der Waals surface area contributed by atoms with Gasteiger partial charge in [0.25, 0.3) is 15.8 Å². The van der Waals surface area contributed by atoms with E-state index in [2.05, 4.69) is 20.1 Å². The van der Waals surface area contributed by atoms with Crippen LogP contribution in [0.5, 0.6) is 0 Å². The number of carbonyl (C=O) groups excluding carboxylic acids is 1. The van der Waals surface area contributed by atoms with Crippen molar-refractivity contribution in [3.8, 4) is 0 Å². The second kappa shape index (κ2) is 7.03. The summed E-state index contributed by atoms with van der Waals surface area (Å²) >= 11 is 1.02. The van der Waals surface area contributed by atoms with Crippen molar-refractivity contribution >= 4 is 32.9 Å². The SMILES string of the molecule is CC(=O)Cc1ncc(S(=O)(=O)N2CCO[C@H](c3ccnc4ncnn34)C2)s1. The monoisotopic (exact) mass is 408 g/mol. The van der Waals surface area contributed by atoms with Crippen molar-refractivity contribution in [1.82, 2.24) is 28.9 Å². The molecule has 0 N–H and O–H groups in total. The molecule has 142 valence electrons. The van der Waals surface area contributed by atoms with E-state index >= 15 is 0 Å². The number of nitrogens with zero attached hydrogens (tertiary/aromatic N) is 6. The lowest BCUT2D eigenvalue weighted by atomic mass is 10.2. The van der Waals surface area contributed by atoms with Gasteiger partial charge >= 0.3 is 0 Å². The highest BCUT2D eigenvalue weighted by atomic mass is 32.2. The van der Waals surface area contributed by atoms with Gasteiger partial charge in [0, 0.05) is 19.3 Å². The first-order valence-electron chi connectivity index (χ1n) is 8.15. The standard InChI is InChI=1S/C15H16N6O4S2/c1-10(22)6-13-17-7-14(26-13)27(23,24)20-4-5-25-12(8-20)11-2-3-16-15-18-9-19-21(11)15/h2-3,7,9,12H,4-6,8H2,1H3/t12-/m0/s1. The summed E-state index contributed by atoms with van der Waals surface area (Å²) in [5, 5.41) is 4.62. The molecule has 0 bridgehead atoms. The summed E-state index contributed by atoms with van der Waals surface area (Å²) in [6, 6.07) is 1.74. The summed E-state index contributed by atoms with van der Waals surface area (Å²) in [7, 11) is -3.72. The normalized spacial score (nSPS) is 18.8. The van der Waals surface area contributed by atoms with Gasteiger partial charge in [-0.15, -0.1) is 11.3 Å². The van der Waals surface area contributed by atoms with Gasteiger partial charge in [0.05, 0.1) is 24.9 Å². The smallest absolute Gasteiger partial charge is 0.254 e. The predicted molar refractivity (Wildman–Crippen MR) is 94.7 cm³/mol. The number of ketones is 1. The zero-order valence-corrected chi connectivity index (χ0v) is 16.0. The molecule has 4 heterocycles. The van der Waals surface area contributed by atoms with Crippen LogP contribution in [0.3, 0.4) is 0 Å². The molecule has 0 aromatic carbocycles. The largest absolute Gasteiger partial charge is 0.369 e. The van der Waals surface area contributed by atoms with E-state index < -0.39 is 16.1 Å². The minimum Gasteiger partial charge on any atom is -0.369 e. The van der Waals surface area contributed by atoms with E-state index in [0.29, 0.717) is 16.5 Å². The third-order valence-corrected chi connectivity index (χ3v) is 7.39. The fraction of sp³-hybridized carbons (Fsp3) is 0.400. The Bertz CT molecular complexity index is 1090. The topological polar surface area (TPSA) is 120 Å². The summed E-state index contributed by atoms with van der Waals surface area (Å²) < 4.78 is 34.8. The minimum absolute atomic E-state index is 0.0609. The molecule has 0 amide bonds. The second-order valence-electron chi connectivity index (χ2n) is 6.02. The van der Waals surface area contributed by atoms with E-state index in [0.717, 1.165) is 11.3 Å². The maximum absolute atomic E-state index is 13.0. The number of thiazole rings is 1. The summed E-state index contributed by atoms with van der Waals surface area (Å²) in [6.45, 7) is 2.08. The Morgan fingerprint density at radius 1 is 1.37 bits per heavy atom. The number of hydrogen-bond donors (Lipinski definition) is 0. The van der Waals surface area contributed by atoms with Crippen LogP contribution in [-0.2, 0) is 26.0 Å². The van der Waals surface area contributed by atoms with Crippen molar-refractivity contribution in [2.75, 3.05) is 19.7 Å². The van der Waals surface area contributed by atoms with Crippen molar-refractivity contribution in [1.29, 1.82) is 0 Å². The van der Waals surface area contributed by atoms with Gasteiger partial charge in [-0.1, -0.05) is 0 Å². The quantitative estimate of drug-likeness (QED) is 0.598.